The van der Waals surface area contributed by atoms with E-state index in [-0.39, 0.29) is 17.5 Å². The molecule has 0 fully saturated rings. The lowest BCUT2D eigenvalue weighted by molar-refractivity contribution is -0.113. The third-order valence-electron chi connectivity index (χ3n) is 2.42. The van der Waals surface area contributed by atoms with Crippen LogP contribution in [-0.4, -0.2) is 23.8 Å². The summed E-state index contributed by atoms with van der Waals surface area (Å²) in [6.07, 6.45) is 1.50. The second kappa shape index (κ2) is 6.91. The van der Waals surface area contributed by atoms with E-state index in [2.05, 4.69) is 10.3 Å². The Hall–Kier alpha value is -2.08. The molecule has 1 aromatic heterocycles. The van der Waals surface area contributed by atoms with Gasteiger partial charge in [0.15, 0.2) is 0 Å². The summed E-state index contributed by atoms with van der Waals surface area (Å²) in [7, 11) is 1.52. The highest BCUT2D eigenvalue weighted by molar-refractivity contribution is 8.00. The maximum Gasteiger partial charge on any atom is 0.234 e. The van der Waals surface area contributed by atoms with Gasteiger partial charge in [-0.05, 0) is 18.2 Å². The molecule has 6 heteroatoms. The molecule has 0 unspecified atom stereocenters. The van der Waals surface area contributed by atoms with Gasteiger partial charge in [-0.1, -0.05) is 12.1 Å². The fourth-order valence-corrected chi connectivity index (χ4v) is 2.22. The van der Waals surface area contributed by atoms with Crippen molar-refractivity contribution in [2.45, 2.75) is 4.90 Å². The summed E-state index contributed by atoms with van der Waals surface area (Å²) in [6.45, 7) is 0. The van der Waals surface area contributed by atoms with Crippen molar-refractivity contribution in [1.29, 1.82) is 0 Å². The minimum Gasteiger partial charge on any atom is -0.481 e. The molecule has 0 atom stereocenters. The molecule has 0 spiro atoms. The summed E-state index contributed by atoms with van der Waals surface area (Å²) in [5.41, 5.74) is 0.574. The topological polar surface area (TPSA) is 51.2 Å². The van der Waals surface area contributed by atoms with E-state index in [0.717, 1.165) is 11.8 Å². The molecule has 20 heavy (non-hydrogen) atoms. The van der Waals surface area contributed by atoms with E-state index in [1.54, 1.807) is 30.3 Å². The lowest BCUT2D eigenvalue weighted by Crippen LogP contribution is -2.14. The van der Waals surface area contributed by atoms with E-state index in [1.807, 2.05) is 0 Å². The number of carbonyl (C=O) groups is 1. The van der Waals surface area contributed by atoms with Crippen LogP contribution in [0.4, 0.5) is 10.1 Å². The van der Waals surface area contributed by atoms with E-state index < -0.39 is 0 Å². The smallest absolute Gasteiger partial charge is 0.234 e. The Kier molecular flexibility index (Phi) is 4.95. The predicted octanol–water partition coefficient (Wildman–Crippen LogP) is 2.96. The minimum absolute atomic E-state index is 0.132. The Morgan fingerprint density at radius 2 is 2.15 bits per heavy atom. The van der Waals surface area contributed by atoms with E-state index in [4.69, 9.17) is 4.74 Å². The average molecular weight is 292 g/mol. The number of hydrogen-bond acceptors (Lipinski definition) is 4. The van der Waals surface area contributed by atoms with Gasteiger partial charge in [0.1, 0.15) is 5.82 Å². The molecule has 0 aliphatic heterocycles. The summed E-state index contributed by atoms with van der Waals surface area (Å²) in [5, 5.41) is 2.68. The van der Waals surface area contributed by atoms with Crippen molar-refractivity contribution in [3.8, 4) is 5.88 Å². The third-order valence-corrected chi connectivity index (χ3v) is 3.47. The predicted molar refractivity (Wildman–Crippen MR) is 76.5 cm³/mol. The van der Waals surface area contributed by atoms with Gasteiger partial charge in [0, 0.05) is 11.0 Å². The number of nitrogens with zero attached hydrogens (tertiary/aromatic N) is 1. The number of methoxy groups -OCH3 is 1. The Bertz CT molecular complexity index is 590. The van der Waals surface area contributed by atoms with Crippen LogP contribution >= 0.6 is 11.8 Å². The molecule has 1 heterocycles. The lowest BCUT2D eigenvalue weighted by atomic mass is 10.3. The van der Waals surface area contributed by atoms with Gasteiger partial charge in [0.05, 0.1) is 24.7 Å². The summed E-state index contributed by atoms with van der Waals surface area (Å²) >= 11 is 1.15. The van der Waals surface area contributed by atoms with Crippen molar-refractivity contribution in [2.24, 2.45) is 0 Å². The van der Waals surface area contributed by atoms with Gasteiger partial charge in [-0.25, -0.2) is 9.37 Å². The zero-order valence-electron chi connectivity index (χ0n) is 10.8. The molecule has 4 nitrogen and oxygen atoms in total. The van der Waals surface area contributed by atoms with Gasteiger partial charge in [0.2, 0.25) is 11.8 Å². The summed E-state index contributed by atoms with van der Waals surface area (Å²) < 4.78 is 18.3. The minimum atomic E-state index is -0.323. The van der Waals surface area contributed by atoms with Gasteiger partial charge in [-0.3, -0.25) is 4.79 Å². The Morgan fingerprint density at radius 3 is 2.80 bits per heavy atom. The Balaban J connectivity index is 1.87. The number of rotatable bonds is 5. The largest absolute Gasteiger partial charge is 0.481 e. The molecule has 0 aliphatic carbocycles. The number of halogens is 1. The van der Waals surface area contributed by atoms with Crippen LogP contribution in [-0.2, 0) is 4.79 Å². The van der Waals surface area contributed by atoms with Crippen LogP contribution in [0, 0.1) is 5.82 Å². The monoisotopic (exact) mass is 292 g/mol. The molecule has 0 radical (unpaired) electrons. The van der Waals surface area contributed by atoms with Gasteiger partial charge < -0.3 is 10.1 Å². The van der Waals surface area contributed by atoms with Crippen LogP contribution in [0.2, 0.25) is 0 Å². The van der Waals surface area contributed by atoms with Gasteiger partial charge in [-0.2, -0.15) is 0 Å². The third kappa shape index (κ3) is 3.96. The standard InChI is InChI=1S/C14H13FN2O2S/c1-19-14-7-6-10(8-16-14)17-13(18)9-20-12-5-3-2-4-11(12)15/h2-8H,9H2,1H3,(H,17,18). The lowest BCUT2D eigenvalue weighted by Gasteiger charge is -2.06. The van der Waals surface area contributed by atoms with Gasteiger partial charge in [0.25, 0.3) is 0 Å². The van der Waals surface area contributed by atoms with Crippen molar-refractivity contribution in [3.63, 3.8) is 0 Å². The van der Waals surface area contributed by atoms with Crippen LogP contribution in [0.3, 0.4) is 0 Å². The van der Waals surface area contributed by atoms with Crippen LogP contribution < -0.4 is 10.1 Å². The van der Waals surface area contributed by atoms with Crippen LogP contribution in [0.15, 0.2) is 47.5 Å². The number of benzene rings is 1. The van der Waals surface area contributed by atoms with E-state index >= 15 is 0 Å². The van der Waals surface area contributed by atoms with Crippen molar-refractivity contribution >= 4 is 23.4 Å². The number of ether oxygens (including phenoxy) is 1. The molecule has 1 N–H and O–H groups in total. The summed E-state index contributed by atoms with van der Waals surface area (Å²) in [5.74, 6) is 0.0674. The highest BCUT2D eigenvalue weighted by Crippen LogP contribution is 2.21. The molecule has 104 valence electrons. The molecule has 1 aromatic carbocycles. The number of carbonyl (C=O) groups excluding carboxylic acids is 1. The first kappa shape index (κ1) is 14.3. The van der Waals surface area contributed by atoms with Crippen molar-refractivity contribution in [1.82, 2.24) is 4.98 Å². The fourth-order valence-electron chi connectivity index (χ4n) is 1.48. The normalized spacial score (nSPS) is 10.1. The maximum atomic E-state index is 13.4. The second-order valence-electron chi connectivity index (χ2n) is 3.86. The number of pyridine rings is 1. The molecule has 0 saturated heterocycles. The van der Waals surface area contributed by atoms with E-state index in [0.29, 0.717) is 16.5 Å². The molecule has 2 aromatic rings. The van der Waals surface area contributed by atoms with Crippen LogP contribution in [0.1, 0.15) is 0 Å². The first-order valence-electron chi connectivity index (χ1n) is 5.86. The molecular formula is C14H13FN2O2S. The fraction of sp³-hybridized carbons (Fsp3) is 0.143. The van der Waals surface area contributed by atoms with Gasteiger partial charge in [-0.15, -0.1) is 11.8 Å². The number of amides is 1. The molecule has 0 saturated carbocycles. The van der Waals surface area contributed by atoms with E-state index in [9.17, 15) is 9.18 Å². The number of thioether (sulfide) groups is 1. The zero-order chi connectivity index (χ0) is 14.4. The van der Waals surface area contributed by atoms with Crippen LogP contribution in [0.5, 0.6) is 5.88 Å². The highest BCUT2D eigenvalue weighted by Gasteiger charge is 2.07. The molecule has 2 rings (SSSR count). The van der Waals surface area contributed by atoms with Crippen molar-refractivity contribution in [3.05, 3.63) is 48.4 Å². The molecule has 1 amide bonds. The number of nitrogens with one attached hydrogen (secondary N) is 1. The van der Waals surface area contributed by atoms with Crippen molar-refractivity contribution in [2.75, 3.05) is 18.2 Å². The second-order valence-corrected chi connectivity index (χ2v) is 4.87. The quantitative estimate of drug-likeness (QED) is 0.861. The first-order valence-corrected chi connectivity index (χ1v) is 6.85. The molecule has 0 bridgehead atoms. The van der Waals surface area contributed by atoms with Gasteiger partial charge >= 0.3 is 0 Å². The van der Waals surface area contributed by atoms with E-state index in [1.165, 1.54) is 19.4 Å². The summed E-state index contributed by atoms with van der Waals surface area (Å²) in [4.78, 5) is 16.2. The zero-order valence-corrected chi connectivity index (χ0v) is 11.6. The SMILES string of the molecule is COc1ccc(NC(=O)CSc2ccccc2F)cn1. The molecule has 0 aliphatic rings. The Morgan fingerprint density at radius 1 is 1.35 bits per heavy atom. The average Bonchev–Trinajstić information content (AvgIpc) is 2.47. The number of anilines is 1. The highest BCUT2D eigenvalue weighted by atomic mass is 32.2. The number of hydrogen-bond donors (Lipinski definition) is 1. The van der Waals surface area contributed by atoms with Crippen LogP contribution in [0.25, 0.3) is 0 Å². The van der Waals surface area contributed by atoms with Crippen molar-refractivity contribution < 1.29 is 13.9 Å². The first-order chi connectivity index (χ1) is 9.69. The maximum absolute atomic E-state index is 13.4. The molecular weight excluding hydrogens is 279 g/mol. The number of aromatic nitrogens is 1. The Labute approximate surface area is 120 Å². The summed E-state index contributed by atoms with van der Waals surface area (Å²) in [6, 6.07) is 9.70.